The van der Waals surface area contributed by atoms with Gasteiger partial charge >= 0.3 is 0 Å². The van der Waals surface area contributed by atoms with Crippen molar-refractivity contribution < 1.29 is 13.6 Å². The molecule has 0 aromatic heterocycles. The molecule has 0 aliphatic carbocycles. The van der Waals surface area contributed by atoms with E-state index in [0.717, 1.165) is 6.07 Å². The molecule has 0 fully saturated rings. The lowest BCUT2D eigenvalue weighted by atomic mass is 9.88. The zero-order valence-corrected chi connectivity index (χ0v) is 11.7. The van der Waals surface area contributed by atoms with Gasteiger partial charge in [-0.25, -0.2) is 14.6 Å². The average molecular weight is 311 g/mol. The SMILES string of the molecule is NNC(=O)CC(c1ccc(Cl)cc1)c1cc(F)cc(F)c1. The van der Waals surface area contributed by atoms with E-state index in [1.807, 2.05) is 5.43 Å². The third-order valence-electron chi connectivity index (χ3n) is 3.11. The van der Waals surface area contributed by atoms with Crippen LogP contribution in [0.25, 0.3) is 0 Å². The van der Waals surface area contributed by atoms with Crippen molar-refractivity contribution in [3.8, 4) is 0 Å². The molecule has 0 aliphatic rings. The van der Waals surface area contributed by atoms with Crippen molar-refractivity contribution in [2.24, 2.45) is 5.84 Å². The predicted octanol–water partition coefficient (Wildman–Crippen LogP) is 3.13. The van der Waals surface area contributed by atoms with Crippen LogP contribution in [0.1, 0.15) is 23.5 Å². The summed E-state index contributed by atoms with van der Waals surface area (Å²) in [6.45, 7) is 0. The summed E-state index contributed by atoms with van der Waals surface area (Å²) in [5, 5.41) is 0.534. The largest absolute Gasteiger partial charge is 0.294 e. The smallest absolute Gasteiger partial charge is 0.234 e. The molecule has 1 amide bonds. The van der Waals surface area contributed by atoms with Gasteiger partial charge < -0.3 is 0 Å². The maximum absolute atomic E-state index is 13.4. The lowest BCUT2D eigenvalue weighted by Gasteiger charge is -2.17. The molecule has 2 rings (SSSR count). The van der Waals surface area contributed by atoms with Crippen molar-refractivity contribution in [3.63, 3.8) is 0 Å². The second-order valence-electron chi connectivity index (χ2n) is 4.58. The van der Waals surface area contributed by atoms with Crippen LogP contribution in [-0.2, 0) is 4.79 Å². The summed E-state index contributed by atoms with van der Waals surface area (Å²) in [4.78, 5) is 11.6. The van der Waals surface area contributed by atoms with Crippen molar-refractivity contribution in [3.05, 3.63) is 70.2 Å². The first-order valence-corrected chi connectivity index (χ1v) is 6.58. The van der Waals surface area contributed by atoms with Crippen LogP contribution in [0.15, 0.2) is 42.5 Å². The first kappa shape index (κ1) is 15.4. The minimum absolute atomic E-state index is 0.0268. The number of nitrogens with one attached hydrogen (secondary N) is 1. The monoisotopic (exact) mass is 310 g/mol. The molecule has 0 spiro atoms. The van der Waals surface area contributed by atoms with E-state index >= 15 is 0 Å². The minimum atomic E-state index is -0.697. The highest BCUT2D eigenvalue weighted by Gasteiger charge is 2.19. The lowest BCUT2D eigenvalue weighted by Crippen LogP contribution is -2.31. The molecule has 0 radical (unpaired) electrons. The zero-order chi connectivity index (χ0) is 15.4. The molecular weight excluding hydrogens is 298 g/mol. The third kappa shape index (κ3) is 4.00. The van der Waals surface area contributed by atoms with Gasteiger partial charge in [-0.05, 0) is 35.4 Å². The molecule has 110 valence electrons. The maximum atomic E-state index is 13.4. The van der Waals surface area contributed by atoms with Crippen LogP contribution in [0, 0.1) is 11.6 Å². The van der Waals surface area contributed by atoms with Crippen LogP contribution >= 0.6 is 11.6 Å². The molecule has 0 saturated carbocycles. The highest BCUT2D eigenvalue weighted by atomic mass is 35.5. The zero-order valence-electron chi connectivity index (χ0n) is 10.9. The molecule has 2 aromatic carbocycles. The second-order valence-corrected chi connectivity index (χ2v) is 5.01. The maximum Gasteiger partial charge on any atom is 0.234 e. The Morgan fingerprint density at radius 2 is 1.67 bits per heavy atom. The number of benzene rings is 2. The molecule has 3 nitrogen and oxygen atoms in total. The Balaban J connectivity index is 2.44. The standard InChI is InChI=1S/C15H13ClF2N2O/c16-11-3-1-9(2-4-11)14(8-15(21)20-19)10-5-12(17)7-13(18)6-10/h1-7,14H,8,19H2,(H,20,21). The van der Waals surface area contributed by atoms with Gasteiger partial charge in [-0.15, -0.1) is 0 Å². The fourth-order valence-corrected chi connectivity index (χ4v) is 2.27. The number of nitrogens with two attached hydrogens (primary N) is 1. The number of hydrogen-bond donors (Lipinski definition) is 2. The average Bonchev–Trinajstić information content (AvgIpc) is 2.44. The Labute approximate surface area is 125 Å². The van der Waals surface area contributed by atoms with Gasteiger partial charge in [-0.3, -0.25) is 10.2 Å². The molecule has 1 atom stereocenters. The summed E-state index contributed by atoms with van der Waals surface area (Å²) in [5.74, 6) is 2.75. The highest BCUT2D eigenvalue weighted by molar-refractivity contribution is 6.30. The Morgan fingerprint density at radius 1 is 1.10 bits per heavy atom. The summed E-state index contributed by atoms with van der Waals surface area (Å²) in [6.07, 6.45) is -0.0268. The van der Waals surface area contributed by atoms with Gasteiger partial charge in [-0.2, -0.15) is 0 Å². The Bertz CT molecular complexity index is 626. The highest BCUT2D eigenvalue weighted by Crippen LogP contribution is 2.30. The number of halogens is 3. The normalized spacial score (nSPS) is 12.0. The van der Waals surface area contributed by atoms with Gasteiger partial charge in [0.25, 0.3) is 0 Å². The van der Waals surface area contributed by atoms with E-state index in [1.54, 1.807) is 24.3 Å². The summed E-state index contributed by atoms with van der Waals surface area (Å²) >= 11 is 5.83. The number of amides is 1. The van der Waals surface area contributed by atoms with Gasteiger partial charge in [0, 0.05) is 23.4 Å². The molecule has 0 bridgehead atoms. The lowest BCUT2D eigenvalue weighted by molar-refractivity contribution is -0.121. The number of rotatable bonds is 4. The molecule has 6 heteroatoms. The molecule has 0 heterocycles. The topological polar surface area (TPSA) is 55.1 Å². The van der Waals surface area contributed by atoms with Crippen LogP contribution < -0.4 is 11.3 Å². The molecular formula is C15H13ClF2N2O. The Morgan fingerprint density at radius 3 is 2.19 bits per heavy atom. The van der Waals surface area contributed by atoms with Gasteiger partial charge in [0.15, 0.2) is 0 Å². The van der Waals surface area contributed by atoms with Crippen molar-refractivity contribution in [2.75, 3.05) is 0 Å². The van der Waals surface area contributed by atoms with Crippen LogP contribution in [0.4, 0.5) is 8.78 Å². The summed E-state index contributed by atoms with van der Waals surface area (Å²) in [6, 6.07) is 9.91. The van der Waals surface area contributed by atoms with E-state index in [1.165, 1.54) is 12.1 Å². The van der Waals surface area contributed by atoms with Crippen molar-refractivity contribution >= 4 is 17.5 Å². The second kappa shape index (κ2) is 6.65. The van der Waals surface area contributed by atoms with Gasteiger partial charge in [-0.1, -0.05) is 23.7 Å². The third-order valence-corrected chi connectivity index (χ3v) is 3.36. The molecule has 2 aromatic rings. The number of hydrogen-bond acceptors (Lipinski definition) is 2. The van der Waals surface area contributed by atoms with E-state index in [9.17, 15) is 13.6 Å². The van der Waals surface area contributed by atoms with E-state index < -0.39 is 23.5 Å². The number of carbonyl (C=O) groups is 1. The Hall–Kier alpha value is -1.98. The molecule has 21 heavy (non-hydrogen) atoms. The predicted molar refractivity (Wildman–Crippen MR) is 76.6 cm³/mol. The van der Waals surface area contributed by atoms with Gasteiger partial charge in [0.1, 0.15) is 11.6 Å². The summed E-state index contributed by atoms with van der Waals surface area (Å²) in [7, 11) is 0. The fourth-order valence-electron chi connectivity index (χ4n) is 2.14. The molecule has 1 unspecified atom stereocenters. The molecule has 0 aliphatic heterocycles. The minimum Gasteiger partial charge on any atom is -0.294 e. The summed E-state index contributed by atoms with van der Waals surface area (Å²) in [5.41, 5.74) is 3.10. The van der Waals surface area contributed by atoms with Crippen molar-refractivity contribution in [1.82, 2.24) is 5.43 Å². The fraction of sp³-hybridized carbons (Fsp3) is 0.133. The first-order valence-electron chi connectivity index (χ1n) is 6.20. The van der Waals surface area contributed by atoms with E-state index in [4.69, 9.17) is 17.4 Å². The van der Waals surface area contributed by atoms with E-state index in [0.29, 0.717) is 16.1 Å². The van der Waals surface area contributed by atoms with Crippen LogP contribution in [0.5, 0.6) is 0 Å². The molecule has 3 N–H and O–H groups in total. The number of carbonyl (C=O) groups excluding carboxylic acids is 1. The van der Waals surface area contributed by atoms with Crippen LogP contribution in [-0.4, -0.2) is 5.91 Å². The number of hydrazine groups is 1. The Kier molecular flexibility index (Phi) is 4.88. The first-order chi connectivity index (χ1) is 9.99. The van der Waals surface area contributed by atoms with Crippen LogP contribution in [0.2, 0.25) is 5.02 Å². The van der Waals surface area contributed by atoms with Crippen molar-refractivity contribution in [1.29, 1.82) is 0 Å². The van der Waals surface area contributed by atoms with E-state index in [-0.39, 0.29) is 6.42 Å². The van der Waals surface area contributed by atoms with E-state index in [2.05, 4.69) is 0 Å². The quantitative estimate of drug-likeness (QED) is 0.518. The molecule has 0 saturated heterocycles. The van der Waals surface area contributed by atoms with Crippen LogP contribution in [0.3, 0.4) is 0 Å². The van der Waals surface area contributed by atoms with Gasteiger partial charge in [0.05, 0.1) is 0 Å². The van der Waals surface area contributed by atoms with Gasteiger partial charge in [0.2, 0.25) is 5.91 Å². The van der Waals surface area contributed by atoms with Crippen molar-refractivity contribution in [2.45, 2.75) is 12.3 Å². The summed E-state index contributed by atoms with van der Waals surface area (Å²) < 4.78 is 26.8.